The molecule has 0 saturated carbocycles. The lowest BCUT2D eigenvalue weighted by Gasteiger charge is -2.25. The Balaban J connectivity index is 1.52. The molecule has 29 heavy (non-hydrogen) atoms. The number of amides is 3. The second kappa shape index (κ2) is 8.02. The summed E-state index contributed by atoms with van der Waals surface area (Å²) >= 11 is 0. The van der Waals surface area contributed by atoms with Crippen molar-refractivity contribution in [2.24, 2.45) is 0 Å². The molecule has 1 aliphatic rings. The Kier molecular flexibility index (Phi) is 5.11. The molecule has 1 unspecified atom stereocenters. The van der Waals surface area contributed by atoms with E-state index in [0.29, 0.717) is 22.7 Å². The van der Waals surface area contributed by atoms with Crippen LogP contribution in [0.3, 0.4) is 0 Å². The third-order valence-electron chi connectivity index (χ3n) is 4.75. The van der Waals surface area contributed by atoms with E-state index in [4.69, 9.17) is 4.42 Å². The third-order valence-corrected chi connectivity index (χ3v) is 4.75. The first-order valence-corrected chi connectivity index (χ1v) is 9.21. The lowest BCUT2D eigenvalue weighted by atomic mass is 9.89. The van der Waals surface area contributed by atoms with Crippen LogP contribution in [-0.4, -0.2) is 17.7 Å². The van der Waals surface area contributed by atoms with Gasteiger partial charge >= 0.3 is 0 Å². The second-order valence-corrected chi connectivity index (χ2v) is 6.69. The molecule has 0 saturated heterocycles. The number of para-hydroxylation sites is 2. The molecule has 4 rings (SSSR count). The van der Waals surface area contributed by atoms with Crippen LogP contribution in [0, 0.1) is 0 Å². The number of carbonyl (C=O) groups excluding carboxylic acids is 3. The van der Waals surface area contributed by atoms with Crippen molar-refractivity contribution in [1.29, 1.82) is 0 Å². The van der Waals surface area contributed by atoms with E-state index in [-0.39, 0.29) is 30.7 Å². The first-order chi connectivity index (χ1) is 14.1. The summed E-state index contributed by atoms with van der Waals surface area (Å²) in [5.74, 6) is -0.880. The molecule has 3 N–H and O–H groups in total. The first-order valence-electron chi connectivity index (χ1n) is 9.21. The smallest absolute Gasteiger partial charge is 0.253 e. The highest BCUT2D eigenvalue weighted by molar-refractivity contribution is 6.08. The van der Waals surface area contributed by atoms with Crippen molar-refractivity contribution >= 4 is 29.1 Å². The molecule has 0 fully saturated rings. The maximum Gasteiger partial charge on any atom is 0.253 e. The van der Waals surface area contributed by atoms with Gasteiger partial charge in [0.2, 0.25) is 11.8 Å². The minimum Gasteiger partial charge on any atom is -0.467 e. The number of anilines is 2. The second-order valence-electron chi connectivity index (χ2n) is 6.69. The molecule has 1 aromatic heterocycles. The number of carbonyl (C=O) groups is 3. The zero-order chi connectivity index (χ0) is 20.2. The highest BCUT2D eigenvalue weighted by atomic mass is 16.3. The minimum absolute atomic E-state index is 0.0513. The van der Waals surface area contributed by atoms with Crippen molar-refractivity contribution in [1.82, 2.24) is 5.32 Å². The fraction of sp³-hybridized carbons (Fsp3) is 0.136. The third kappa shape index (κ3) is 4.03. The molecular weight excluding hydrogens is 370 g/mol. The van der Waals surface area contributed by atoms with E-state index < -0.39 is 5.92 Å². The Morgan fingerprint density at radius 1 is 1.03 bits per heavy atom. The van der Waals surface area contributed by atoms with Gasteiger partial charge in [-0.2, -0.15) is 0 Å². The molecule has 146 valence electrons. The summed E-state index contributed by atoms with van der Waals surface area (Å²) in [5.41, 5.74) is 2.11. The molecule has 0 aliphatic carbocycles. The molecule has 0 radical (unpaired) electrons. The standard InChI is InChI=1S/C22H19N3O4/c26-20-12-17(15-7-1-3-9-18(15)24-20)22(28)25-19-10-4-2-8-16(19)21(27)23-13-14-6-5-11-29-14/h1-11,17H,12-13H2,(H,23,27)(H,24,26)(H,25,28). The summed E-state index contributed by atoms with van der Waals surface area (Å²) in [5, 5.41) is 8.36. The molecule has 2 heterocycles. The van der Waals surface area contributed by atoms with Gasteiger partial charge in [-0.25, -0.2) is 0 Å². The molecule has 3 aromatic rings. The molecular formula is C22H19N3O4. The zero-order valence-electron chi connectivity index (χ0n) is 15.5. The van der Waals surface area contributed by atoms with Crippen LogP contribution in [0.1, 0.15) is 34.0 Å². The first kappa shape index (κ1) is 18.5. The van der Waals surface area contributed by atoms with E-state index >= 15 is 0 Å². The van der Waals surface area contributed by atoms with Crippen LogP contribution in [-0.2, 0) is 16.1 Å². The molecule has 7 nitrogen and oxygen atoms in total. The Morgan fingerprint density at radius 3 is 2.66 bits per heavy atom. The van der Waals surface area contributed by atoms with Crippen molar-refractivity contribution in [3.05, 3.63) is 83.8 Å². The maximum atomic E-state index is 13.0. The lowest BCUT2D eigenvalue weighted by Crippen LogP contribution is -2.31. The SMILES string of the molecule is O=C1CC(C(=O)Nc2ccccc2C(=O)NCc2ccco2)c2ccccc2N1. The van der Waals surface area contributed by atoms with Gasteiger partial charge in [-0.3, -0.25) is 14.4 Å². The van der Waals surface area contributed by atoms with Crippen LogP contribution in [0.25, 0.3) is 0 Å². The van der Waals surface area contributed by atoms with Crippen molar-refractivity contribution in [2.45, 2.75) is 18.9 Å². The molecule has 0 bridgehead atoms. The van der Waals surface area contributed by atoms with Gasteiger partial charge in [0, 0.05) is 12.1 Å². The highest BCUT2D eigenvalue weighted by Gasteiger charge is 2.31. The van der Waals surface area contributed by atoms with Gasteiger partial charge in [-0.05, 0) is 35.9 Å². The van der Waals surface area contributed by atoms with Gasteiger partial charge in [-0.15, -0.1) is 0 Å². The fourth-order valence-electron chi connectivity index (χ4n) is 3.33. The van der Waals surface area contributed by atoms with Crippen LogP contribution in [0.4, 0.5) is 11.4 Å². The molecule has 7 heteroatoms. The summed E-state index contributed by atoms with van der Waals surface area (Å²) in [6.45, 7) is 0.240. The Hall–Kier alpha value is -3.87. The van der Waals surface area contributed by atoms with E-state index in [1.54, 1.807) is 48.5 Å². The van der Waals surface area contributed by atoms with Crippen molar-refractivity contribution in [3.8, 4) is 0 Å². The topological polar surface area (TPSA) is 100 Å². The number of hydrogen-bond acceptors (Lipinski definition) is 4. The molecule has 1 atom stereocenters. The van der Waals surface area contributed by atoms with E-state index in [2.05, 4.69) is 16.0 Å². The van der Waals surface area contributed by atoms with Crippen molar-refractivity contribution < 1.29 is 18.8 Å². The highest BCUT2D eigenvalue weighted by Crippen LogP contribution is 2.33. The summed E-state index contributed by atoms with van der Waals surface area (Å²) < 4.78 is 5.21. The van der Waals surface area contributed by atoms with E-state index in [1.807, 2.05) is 12.1 Å². The summed E-state index contributed by atoms with van der Waals surface area (Å²) in [4.78, 5) is 37.6. The van der Waals surface area contributed by atoms with Gasteiger partial charge in [0.15, 0.2) is 0 Å². The predicted octanol–water partition coefficient (Wildman–Crippen LogP) is 3.27. The van der Waals surface area contributed by atoms with E-state index in [1.165, 1.54) is 6.26 Å². The quantitative estimate of drug-likeness (QED) is 0.623. The van der Waals surface area contributed by atoms with Crippen LogP contribution < -0.4 is 16.0 Å². The average Bonchev–Trinajstić information content (AvgIpc) is 3.25. The zero-order valence-corrected chi connectivity index (χ0v) is 15.5. The van der Waals surface area contributed by atoms with E-state index in [9.17, 15) is 14.4 Å². The Morgan fingerprint density at radius 2 is 1.83 bits per heavy atom. The lowest BCUT2D eigenvalue weighted by molar-refractivity contribution is -0.123. The normalized spacial score (nSPS) is 15.2. The monoisotopic (exact) mass is 389 g/mol. The number of benzene rings is 2. The largest absolute Gasteiger partial charge is 0.467 e. The maximum absolute atomic E-state index is 13.0. The van der Waals surface area contributed by atoms with Crippen molar-refractivity contribution in [2.75, 3.05) is 10.6 Å². The van der Waals surface area contributed by atoms with Gasteiger partial charge in [0.25, 0.3) is 5.91 Å². The van der Waals surface area contributed by atoms with E-state index in [0.717, 1.165) is 5.56 Å². The van der Waals surface area contributed by atoms with Gasteiger partial charge in [-0.1, -0.05) is 30.3 Å². The van der Waals surface area contributed by atoms with Gasteiger partial charge < -0.3 is 20.4 Å². The number of nitrogens with one attached hydrogen (secondary N) is 3. The average molecular weight is 389 g/mol. The molecule has 3 amide bonds. The van der Waals surface area contributed by atoms with Crippen LogP contribution in [0.5, 0.6) is 0 Å². The molecule has 1 aliphatic heterocycles. The van der Waals surface area contributed by atoms with Crippen LogP contribution in [0.2, 0.25) is 0 Å². The number of rotatable bonds is 5. The van der Waals surface area contributed by atoms with Crippen LogP contribution in [0.15, 0.2) is 71.3 Å². The predicted molar refractivity (Wildman–Crippen MR) is 107 cm³/mol. The number of hydrogen-bond donors (Lipinski definition) is 3. The summed E-state index contributed by atoms with van der Waals surface area (Å²) in [6.07, 6.45) is 1.59. The molecule has 0 spiro atoms. The summed E-state index contributed by atoms with van der Waals surface area (Å²) in [6, 6.07) is 17.5. The van der Waals surface area contributed by atoms with Gasteiger partial charge in [0.1, 0.15) is 5.76 Å². The Labute approximate surface area is 167 Å². The number of fused-ring (bicyclic) bond motifs is 1. The van der Waals surface area contributed by atoms with Gasteiger partial charge in [0.05, 0.1) is 30.0 Å². The summed E-state index contributed by atoms with van der Waals surface area (Å²) in [7, 11) is 0. The molecule has 2 aromatic carbocycles. The number of furan rings is 1. The Bertz CT molecular complexity index is 1060. The minimum atomic E-state index is -0.626. The van der Waals surface area contributed by atoms with Crippen LogP contribution >= 0.6 is 0 Å². The fourth-order valence-corrected chi connectivity index (χ4v) is 3.33. The van der Waals surface area contributed by atoms with Crippen molar-refractivity contribution in [3.63, 3.8) is 0 Å².